The molecule has 1 aliphatic heterocycles. The van der Waals surface area contributed by atoms with Crippen LogP contribution >= 0.6 is 0 Å². The summed E-state index contributed by atoms with van der Waals surface area (Å²) in [4.78, 5) is 0. The monoisotopic (exact) mass is 102 g/mol. The quantitative estimate of drug-likeness (QED) is 0.461. The number of rotatable bonds is 0. The molecule has 0 aromatic rings. The van der Waals surface area contributed by atoms with Crippen LogP contribution in [0.2, 0.25) is 0 Å². The lowest BCUT2D eigenvalue weighted by Gasteiger charge is -1.82. The fourth-order valence-electron chi connectivity index (χ4n) is 0.196. The number of hydrogen-bond donors (Lipinski definition) is 0. The molecule has 0 spiro atoms. The van der Waals surface area contributed by atoms with Crippen molar-refractivity contribution in [1.29, 1.82) is 0 Å². The van der Waals surface area contributed by atoms with E-state index >= 15 is 0 Å². The second-order valence-electron chi connectivity index (χ2n) is 0.723. The molecule has 1 heterocycles. The Hall–Kier alpha value is -0.660. The van der Waals surface area contributed by atoms with Crippen molar-refractivity contribution in [2.75, 3.05) is 6.79 Å². The maximum Gasteiger partial charge on any atom is 0.229 e. The van der Waals surface area contributed by atoms with Crippen LogP contribution in [0.1, 0.15) is 13.8 Å². The van der Waals surface area contributed by atoms with Gasteiger partial charge in [-0.3, -0.25) is 0 Å². The Balaban J connectivity index is 0.000000162. The molecule has 0 fully saturated rings. The Morgan fingerprint density at radius 1 is 1.14 bits per heavy atom. The third-order valence-corrected chi connectivity index (χ3v) is 0.384. The Bertz CT molecular complexity index is 44.0. The van der Waals surface area contributed by atoms with Crippen LogP contribution in [0.5, 0.6) is 0 Å². The molecule has 0 saturated heterocycles. The molecule has 0 radical (unpaired) electrons. The van der Waals surface area contributed by atoms with Crippen LogP contribution in [0.4, 0.5) is 0 Å². The van der Waals surface area contributed by atoms with Crippen LogP contribution in [-0.4, -0.2) is 6.79 Å². The maximum absolute atomic E-state index is 4.54. The van der Waals surface area contributed by atoms with Gasteiger partial charge >= 0.3 is 0 Å². The third kappa shape index (κ3) is 3.16. The van der Waals surface area contributed by atoms with E-state index in [4.69, 9.17) is 0 Å². The molecule has 0 bridgehead atoms. The van der Waals surface area contributed by atoms with E-state index in [1.54, 1.807) is 0 Å². The Kier molecular flexibility index (Phi) is 4.84. The minimum Gasteiger partial charge on any atom is -0.462 e. The molecular weight excluding hydrogens is 92.1 g/mol. The fraction of sp³-hybridized carbons (Fsp3) is 0.600. The van der Waals surface area contributed by atoms with E-state index in [0.29, 0.717) is 6.79 Å². The van der Waals surface area contributed by atoms with Crippen molar-refractivity contribution < 1.29 is 9.47 Å². The van der Waals surface area contributed by atoms with Gasteiger partial charge in [0.1, 0.15) is 12.5 Å². The average molecular weight is 102 g/mol. The van der Waals surface area contributed by atoms with Crippen molar-refractivity contribution >= 4 is 0 Å². The zero-order valence-electron chi connectivity index (χ0n) is 4.68. The second kappa shape index (κ2) is 5.34. The summed E-state index contributed by atoms with van der Waals surface area (Å²) in [6.07, 6.45) is 3.03. The van der Waals surface area contributed by atoms with Gasteiger partial charge in [-0.25, -0.2) is 0 Å². The maximum atomic E-state index is 4.54. The highest BCUT2D eigenvalue weighted by Crippen LogP contribution is 1.88. The SMILES string of the molecule is C1=COCO1.CC. The lowest BCUT2D eigenvalue weighted by molar-refractivity contribution is 0.0920. The molecule has 0 aromatic heterocycles. The molecule has 1 rings (SSSR count). The molecule has 2 nitrogen and oxygen atoms in total. The highest BCUT2D eigenvalue weighted by molar-refractivity contribution is 4.63. The summed E-state index contributed by atoms with van der Waals surface area (Å²) in [7, 11) is 0. The summed E-state index contributed by atoms with van der Waals surface area (Å²) in [5.41, 5.74) is 0. The van der Waals surface area contributed by atoms with Gasteiger partial charge in [0.15, 0.2) is 0 Å². The largest absolute Gasteiger partial charge is 0.462 e. The van der Waals surface area contributed by atoms with E-state index in [1.165, 1.54) is 12.5 Å². The van der Waals surface area contributed by atoms with Crippen molar-refractivity contribution in [2.24, 2.45) is 0 Å². The highest BCUT2D eigenvalue weighted by atomic mass is 16.7. The van der Waals surface area contributed by atoms with Crippen LogP contribution in [-0.2, 0) is 9.47 Å². The molecule has 0 aromatic carbocycles. The van der Waals surface area contributed by atoms with Gasteiger partial charge in [0.05, 0.1) is 0 Å². The summed E-state index contributed by atoms with van der Waals surface area (Å²) in [6, 6.07) is 0. The Morgan fingerprint density at radius 3 is 1.71 bits per heavy atom. The van der Waals surface area contributed by atoms with Crippen LogP contribution in [0.25, 0.3) is 0 Å². The second-order valence-corrected chi connectivity index (χ2v) is 0.723. The first-order valence-corrected chi connectivity index (χ1v) is 2.38. The van der Waals surface area contributed by atoms with E-state index in [0.717, 1.165) is 0 Å². The molecule has 0 saturated carbocycles. The standard InChI is InChI=1S/C3H4O2.C2H6/c1-2-5-3-4-1;1-2/h1-2H,3H2;1-2H3. The van der Waals surface area contributed by atoms with Crippen molar-refractivity contribution in [3.8, 4) is 0 Å². The Morgan fingerprint density at radius 2 is 1.57 bits per heavy atom. The van der Waals surface area contributed by atoms with E-state index in [-0.39, 0.29) is 0 Å². The first-order valence-electron chi connectivity index (χ1n) is 2.38. The summed E-state index contributed by atoms with van der Waals surface area (Å²) in [6.45, 7) is 4.39. The molecule has 0 N–H and O–H groups in total. The van der Waals surface area contributed by atoms with Crippen LogP contribution < -0.4 is 0 Å². The zero-order chi connectivity index (χ0) is 5.54. The van der Waals surface area contributed by atoms with E-state index in [1.807, 2.05) is 13.8 Å². The van der Waals surface area contributed by atoms with E-state index in [9.17, 15) is 0 Å². The fourth-order valence-corrected chi connectivity index (χ4v) is 0.196. The van der Waals surface area contributed by atoms with Crippen molar-refractivity contribution in [3.05, 3.63) is 12.5 Å². The van der Waals surface area contributed by atoms with Crippen molar-refractivity contribution in [1.82, 2.24) is 0 Å². The lowest BCUT2D eigenvalue weighted by atomic mass is 11.0. The van der Waals surface area contributed by atoms with E-state index < -0.39 is 0 Å². The van der Waals surface area contributed by atoms with Crippen molar-refractivity contribution in [2.45, 2.75) is 13.8 Å². The highest BCUT2D eigenvalue weighted by Gasteiger charge is 1.82. The number of ether oxygens (including phenoxy) is 2. The third-order valence-electron chi connectivity index (χ3n) is 0.384. The lowest BCUT2D eigenvalue weighted by Crippen LogP contribution is -1.75. The van der Waals surface area contributed by atoms with E-state index in [2.05, 4.69) is 9.47 Å². The minimum absolute atomic E-state index is 0.389. The van der Waals surface area contributed by atoms with Gasteiger partial charge in [0.2, 0.25) is 6.79 Å². The van der Waals surface area contributed by atoms with Gasteiger partial charge in [0.25, 0.3) is 0 Å². The molecule has 0 atom stereocenters. The Labute approximate surface area is 43.7 Å². The average Bonchev–Trinajstić information content (AvgIpc) is 2.23. The van der Waals surface area contributed by atoms with Gasteiger partial charge in [-0.05, 0) is 0 Å². The van der Waals surface area contributed by atoms with Crippen LogP contribution in [0.3, 0.4) is 0 Å². The molecular formula is C5H10O2. The van der Waals surface area contributed by atoms with Gasteiger partial charge in [0, 0.05) is 0 Å². The van der Waals surface area contributed by atoms with Crippen LogP contribution in [0.15, 0.2) is 12.5 Å². The predicted molar refractivity (Wildman–Crippen MR) is 27.5 cm³/mol. The molecule has 2 heteroatoms. The van der Waals surface area contributed by atoms with Gasteiger partial charge in [-0.15, -0.1) is 0 Å². The first-order chi connectivity index (χ1) is 3.50. The summed E-state index contributed by atoms with van der Waals surface area (Å²) in [5.74, 6) is 0. The molecule has 0 amide bonds. The van der Waals surface area contributed by atoms with Gasteiger partial charge < -0.3 is 9.47 Å². The molecule has 42 valence electrons. The molecule has 0 aliphatic carbocycles. The summed E-state index contributed by atoms with van der Waals surface area (Å²) < 4.78 is 9.08. The molecule has 0 unspecified atom stereocenters. The van der Waals surface area contributed by atoms with Crippen molar-refractivity contribution in [3.63, 3.8) is 0 Å². The summed E-state index contributed by atoms with van der Waals surface area (Å²) in [5, 5.41) is 0. The molecule has 7 heavy (non-hydrogen) atoms. The smallest absolute Gasteiger partial charge is 0.229 e. The minimum atomic E-state index is 0.389. The zero-order valence-corrected chi connectivity index (χ0v) is 4.68. The summed E-state index contributed by atoms with van der Waals surface area (Å²) >= 11 is 0. The first kappa shape index (κ1) is 6.34. The van der Waals surface area contributed by atoms with Gasteiger partial charge in [-0.1, -0.05) is 13.8 Å². The predicted octanol–water partition coefficient (Wildman–Crippen LogP) is 1.49. The van der Waals surface area contributed by atoms with Crippen LogP contribution in [0, 0.1) is 0 Å². The van der Waals surface area contributed by atoms with Gasteiger partial charge in [-0.2, -0.15) is 0 Å². The topological polar surface area (TPSA) is 18.5 Å². The molecule has 1 aliphatic rings. The number of hydrogen-bond acceptors (Lipinski definition) is 2. The normalized spacial score (nSPS) is 13.4.